The highest BCUT2D eigenvalue weighted by atomic mass is 16.8. The highest BCUT2D eigenvalue weighted by Gasteiger charge is 2.60. The fourth-order valence-corrected chi connectivity index (χ4v) is 1.86. The van der Waals surface area contributed by atoms with Crippen molar-refractivity contribution in [1.82, 2.24) is 0 Å². The van der Waals surface area contributed by atoms with Gasteiger partial charge >= 0.3 is 11.9 Å². The monoisotopic (exact) mass is 292 g/mol. The Kier molecular flexibility index (Phi) is 5.09. The van der Waals surface area contributed by atoms with E-state index in [4.69, 9.17) is 18.9 Å². The second-order valence-corrected chi connectivity index (χ2v) is 4.42. The molecule has 1 heterocycles. The number of esters is 2. The van der Waals surface area contributed by atoms with Gasteiger partial charge in [-0.2, -0.15) is 0 Å². The maximum atomic E-state index is 11.8. The minimum atomic E-state index is -1.41. The van der Waals surface area contributed by atoms with E-state index in [1.165, 1.54) is 42.3 Å². The van der Waals surface area contributed by atoms with Crippen LogP contribution in [-0.4, -0.2) is 64.2 Å². The van der Waals surface area contributed by atoms with Gasteiger partial charge < -0.3 is 28.4 Å². The molecule has 1 rings (SSSR count). The first-order valence-corrected chi connectivity index (χ1v) is 5.90. The van der Waals surface area contributed by atoms with Crippen LogP contribution in [0.2, 0.25) is 0 Å². The highest BCUT2D eigenvalue weighted by Crippen LogP contribution is 2.39. The Bertz CT molecular complexity index is 348. The highest BCUT2D eigenvalue weighted by molar-refractivity contribution is 5.85. The molecule has 8 heteroatoms. The molecule has 0 radical (unpaired) electrons. The summed E-state index contributed by atoms with van der Waals surface area (Å²) in [4.78, 5) is 23.5. The van der Waals surface area contributed by atoms with Crippen LogP contribution in [-0.2, 0) is 38.0 Å². The molecule has 0 aliphatic carbocycles. The van der Waals surface area contributed by atoms with Crippen LogP contribution in [0.1, 0.15) is 13.8 Å². The van der Waals surface area contributed by atoms with Crippen LogP contribution >= 0.6 is 0 Å². The molecule has 0 N–H and O–H groups in total. The Morgan fingerprint density at radius 1 is 0.800 bits per heavy atom. The maximum absolute atomic E-state index is 11.8. The molecule has 1 fully saturated rings. The average molecular weight is 292 g/mol. The summed E-state index contributed by atoms with van der Waals surface area (Å²) >= 11 is 0. The molecular weight excluding hydrogens is 272 g/mol. The lowest BCUT2D eigenvalue weighted by Gasteiger charge is -2.50. The molecule has 0 aromatic heterocycles. The Balaban J connectivity index is 3.18. The van der Waals surface area contributed by atoms with Crippen molar-refractivity contribution < 1.29 is 38.0 Å². The van der Waals surface area contributed by atoms with Crippen molar-refractivity contribution in [1.29, 1.82) is 0 Å². The van der Waals surface area contributed by atoms with Crippen LogP contribution in [0.15, 0.2) is 0 Å². The van der Waals surface area contributed by atoms with Crippen LogP contribution in [0, 0.1) is 0 Å². The predicted octanol–water partition coefficient (Wildman–Crippen LogP) is -0.158. The molecule has 20 heavy (non-hydrogen) atoms. The normalized spacial score (nSPS) is 37.3. The molecule has 0 unspecified atom stereocenters. The van der Waals surface area contributed by atoms with Crippen molar-refractivity contribution in [2.24, 2.45) is 0 Å². The molecule has 1 aliphatic heterocycles. The van der Waals surface area contributed by atoms with Gasteiger partial charge in [-0.1, -0.05) is 0 Å². The Hall–Kier alpha value is -1.22. The fraction of sp³-hybridized carbons (Fsp3) is 0.833. The quantitative estimate of drug-likeness (QED) is 0.660. The Morgan fingerprint density at radius 2 is 1.10 bits per heavy atom. The number of carbonyl (C=O) groups is 2. The van der Waals surface area contributed by atoms with Crippen molar-refractivity contribution in [2.45, 2.75) is 37.6 Å². The smallest absolute Gasteiger partial charge is 0.338 e. The first-order valence-electron chi connectivity index (χ1n) is 5.90. The molecular formula is C12H20O8. The number of carbonyl (C=O) groups excluding carboxylic acids is 2. The molecule has 0 amide bonds. The summed E-state index contributed by atoms with van der Waals surface area (Å²) < 4.78 is 30.8. The maximum Gasteiger partial charge on any atom is 0.338 e. The van der Waals surface area contributed by atoms with Crippen molar-refractivity contribution in [3.05, 3.63) is 0 Å². The molecule has 0 bridgehead atoms. The molecule has 0 aromatic carbocycles. The standard InChI is InChI=1S/C12H20O8/c1-11(17-5)12(2,18-6)20-8(10(14)16-4)7(19-11)9(13)15-3/h7-8H,1-6H3/t7-,8+,11+,12-. The third-order valence-corrected chi connectivity index (χ3v) is 3.45. The molecule has 1 aliphatic rings. The molecule has 1 saturated heterocycles. The van der Waals surface area contributed by atoms with Crippen LogP contribution in [0.3, 0.4) is 0 Å². The van der Waals surface area contributed by atoms with Crippen molar-refractivity contribution >= 4 is 11.9 Å². The topological polar surface area (TPSA) is 89.5 Å². The molecule has 116 valence electrons. The van der Waals surface area contributed by atoms with Crippen LogP contribution in [0.5, 0.6) is 0 Å². The summed E-state index contributed by atoms with van der Waals surface area (Å²) in [5, 5.41) is 0. The predicted molar refractivity (Wildman–Crippen MR) is 64.6 cm³/mol. The summed E-state index contributed by atoms with van der Waals surface area (Å²) in [6, 6.07) is 0. The SMILES string of the molecule is COC(=O)[C@H]1O[C@@](C)(OC)[C@@](C)(OC)O[C@H]1C(=O)OC. The second-order valence-electron chi connectivity index (χ2n) is 4.42. The number of hydrogen-bond donors (Lipinski definition) is 0. The van der Waals surface area contributed by atoms with Gasteiger partial charge in [-0.15, -0.1) is 0 Å². The minimum Gasteiger partial charge on any atom is -0.467 e. The fourth-order valence-electron chi connectivity index (χ4n) is 1.86. The van der Waals surface area contributed by atoms with E-state index in [1.54, 1.807) is 0 Å². The average Bonchev–Trinajstić information content (AvgIpc) is 2.47. The molecule has 4 atom stereocenters. The molecule has 0 spiro atoms. The third-order valence-electron chi connectivity index (χ3n) is 3.45. The van der Waals surface area contributed by atoms with Gasteiger partial charge in [-0.3, -0.25) is 0 Å². The van der Waals surface area contributed by atoms with Crippen molar-refractivity contribution in [3.8, 4) is 0 Å². The molecule has 8 nitrogen and oxygen atoms in total. The number of ether oxygens (including phenoxy) is 6. The lowest BCUT2D eigenvalue weighted by Crippen LogP contribution is -2.68. The van der Waals surface area contributed by atoms with Gasteiger partial charge in [0, 0.05) is 14.2 Å². The van der Waals surface area contributed by atoms with Crippen molar-refractivity contribution in [2.75, 3.05) is 28.4 Å². The molecule has 0 saturated carbocycles. The zero-order valence-electron chi connectivity index (χ0n) is 12.4. The van der Waals surface area contributed by atoms with Crippen LogP contribution < -0.4 is 0 Å². The van der Waals surface area contributed by atoms with Gasteiger partial charge in [0.1, 0.15) is 0 Å². The van der Waals surface area contributed by atoms with E-state index in [2.05, 4.69) is 9.47 Å². The largest absolute Gasteiger partial charge is 0.467 e. The lowest BCUT2D eigenvalue weighted by molar-refractivity contribution is -0.439. The van der Waals surface area contributed by atoms with Gasteiger partial charge in [0.15, 0.2) is 12.2 Å². The summed E-state index contributed by atoms with van der Waals surface area (Å²) in [5.74, 6) is -4.38. The zero-order chi connectivity index (χ0) is 15.6. The molecule has 0 aromatic rings. The Morgan fingerprint density at radius 3 is 1.30 bits per heavy atom. The van der Waals surface area contributed by atoms with Gasteiger partial charge in [0.25, 0.3) is 0 Å². The van der Waals surface area contributed by atoms with E-state index in [0.29, 0.717) is 0 Å². The third kappa shape index (κ3) is 2.64. The lowest BCUT2D eigenvalue weighted by atomic mass is 10.0. The van der Waals surface area contributed by atoms with E-state index < -0.39 is 35.7 Å². The number of methoxy groups -OCH3 is 4. The van der Waals surface area contributed by atoms with Gasteiger partial charge in [0.05, 0.1) is 14.2 Å². The van der Waals surface area contributed by atoms with Crippen LogP contribution in [0.4, 0.5) is 0 Å². The van der Waals surface area contributed by atoms with Gasteiger partial charge in [0.2, 0.25) is 11.6 Å². The Labute approximate surface area is 117 Å². The first-order chi connectivity index (χ1) is 9.28. The number of hydrogen-bond acceptors (Lipinski definition) is 8. The van der Waals surface area contributed by atoms with E-state index in [1.807, 2.05) is 0 Å². The van der Waals surface area contributed by atoms with E-state index >= 15 is 0 Å². The first kappa shape index (κ1) is 16.8. The minimum absolute atomic E-state index is 0.776. The van der Waals surface area contributed by atoms with Crippen molar-refractivity contribution in [3.63, 3.8) is 0 Å². The summed E-state index contributed by atoms with van der Waals surface area (Å²) in [6.45, 7) is 3.06. The second kappa shape index (κ2) is 6.04. The zero-order valence-corrected chi connectivity index (χ0v) is 12.4. The van der Waals surface area contributed by atoms with E-state index in [0.717, 1.165) is 0 Å². The summed E-state index contributed by atoms with van der Waals surface area (Å²) in [6.07, 6.45) is -2.64. The van der Waals surface area contributed by atoms with E-state index in [-0.39, 0.29) is 0 Å². The van der Waals surface area contributed by atoms with E-state index in [9.17, 15) is 9.59 Å². The number of rotatable bonds is 4. The summed E-state index contributed by atoms with van der Waals surface area (Å²) in [7, 11) is 5.09. The van der Waals surface area contributed by atoms with Gasteiger partial charge in [-0.05, 0) is 13.8 Å². The van der Waals surface area contributed by atoms with Gasteiger partial charge in [-0.25, -0.2) is 9.59 Å². The van der Waals surface area contributed by atoms with Crippen LogP contribution in [0.25, 0.3) is 0 Å². The summed E-state index contributed by atoms with van der Waals surface area (Å²) in [5.41, 5.74) is 0.